The van der Waals surface area contributed by atoms with E-state index in [0.717, 1.165) is 35.6 Å². The van der Waals surface area contributed by atoms with Crippen molar-refractivity contribution in [1.29, 1.82) is 0 Å². The molecule has 0 radical (unpaired) electrons. The smallest absolute Gasteiger partial charge is 0.226 e. The van der Waals surface area contributed by atoms with Crippen LogP contribution in [0.1, 0.15) is 38.8 Å². The molecule has 6 heteroatoms. The van der Waals surface area contributed by atoms with E-state index in [4.69, 9.17) is 18.6 Å². The molecule has 6 nitrogen and oxygen atoms in total. The molecule has 2 bridgehead atoms. The van der Waals surface area contributed by atoms with E-state index in [-0.39, 0.29) is 0 Å². The zero-order valence-electron chi connectivity index (χ0n) is 18.1. The molecule has 0 unspecified atom stereocenters. The molecule has 5 rings (SSSR count). The summed E-state index contributed by atoms with van der Waals surface area (Å²) in [6.07, 6.45) is 5.86. The van der Waals surface area contributed by atoms with E-state index in [2.05, 4.69) is 24.1 Å². The number of benzene rings is 1. The van der Waals surface area contributed by atoms with Crippen LogP contribution in [0.4, 0.5) is 0 Å². The van der Waals surface area contributed by atoms with Gasteiger partial charge in [0.15, 0.2) is 11.5 Å². The largest absolute Gasteiger partial charge is 0.493 e. The molecule has 3 aliphatic rings. The van der Waals surface area contributed by atoms with E-state index in [1.54, 1.807) is 27.6 Å². The van der Waals surface area contributed by atoms with Crippen LogP contribution < -0.4 is 19.5 Å². The van der Waals surface area contributed by atoms with Crippen molar-refractivity contribution >= 4 is 0 Å². The Balaban J connectivity index is 1.40. The predicted octanol–water partition coefficient (Wildman–Crippen LogP) is 4.53. The lowest BCUT2D eigenvalue weighted by atomic mass is 9.45. The van der Waals surface area contributed by atoms with Crippen molar-refractivity contribution in [3.8, 4) is 28.7 Å². The number of rotatable bonds is 8. The summed E-state index contributed by atoms with van der Waals surface area (Å²) in [4.78, 5) is 4.65. The molecule has 3 atom stereocenters. The maximum atomic E-state index is 5.72. The van der Waals surface area contributed by atoms with Crippen molar-refractivity contribution in [3.05, 3.63) is 24.1 Å². The van der Waals surface area contributed by atoms with Gasteiger partial charge in [-0.05, 0) is 61.1 Å². The number of hydrogen-bond donors (Lipinski definition) is 1. The Morgan fingerprint density at radius 1 is 1.10 bits per heavy atom. The predicted molar refractivity (Wildman–Crippen MR) is 111 cm³/mol. The lowest BCUT2D eigenvalue weighted by Crippen LogP contribution is -2.54. The number of nitrogens with one attached hydrogen (secondary N) is 1. The van der Waals surface area contributed by atoms with E-state index in [1.165, 1.54) is 19.3 Å². The van der Waals surface area contributed by atoms with Crippen molar-refractivity contribution in [2.24, 2.45) is 23.2 Å². The minimum atomic E-state index is 0.526. The van der Waals surface area contributed by atoms with E-state index in [9.17, 15) is 0 Å². The third kappa shape index (κ3) is 3.59. The number of hydrogen-bond acceptors (Lipinski definition) is 6. The quantitative estimate of drug-likeness (QED) is 0.702. The van der Waals surface area contributed by atoms with Crippen LogP contribution in [-0.4, -0.2) is 32.9 Å². The minimum Gasteiger partial charge on any atom is -0.493 e. The normalized spacial score (nSPS) is 24.7. The summed E-state index contributed by atoms with van der Waals surface area (Å²) in [5, 5.41) is 3.60. The first-order valence-electron chi connectivity index (χ1n) is 10.4. The molecule has 0 aliphatic heterocycles. The van der Waals surface area contributed by atoms with Crippen LogP contribution in [0.15, 0.2) is 22.8 Å². The van der Waals surface area contributed by atoms with Gasteiger partial charge in [-0.1, -0.05) is 13.8 Å². The Hall–Kier alpha value is -2.21. The van der Waals surface area contributed by atoms with Crippen molar-refractivity contribution in [2.75, 3.05) is 27.9 Å². The maximum Gasteiger partial charge on any atom is 0.226 e. The first-order valence-corrected chi connectivity index (χ1v) is 10.4. The van der Waals surface area contributed by atoms with Crippen LogP contribution >= 0.6 is 0 Å². The molecule has 0 amide bonds. The van der Waals surface area contributed by atoms with E-state index >= 15 is 0 Å². The molecular weight excluding hydrogens is 368 g/mol. The SMILES string of the molecule is COc1cc(-c2nc(CNC[C@@H]3CC[C@H]4C[C@@H]3C4(C)C)co2)cc(OC)c1OC. The van der Waals surface area contributed by atoms with Gasteiger partial charge in [0.25, 0.3) is 0 Å². The van der Waals surface area contributed by atoms with Gasteiger partial charge in [-0.15, -0.1) is 0 Å². The van der Waals surface area contributed by atoms with Crippen LogP contribution in [0.3, 0.4) is 0 Å². The fourth-order valence-corrected chi connectivity index (χ4v) is 5.32. The Bertz CT molecular complexity index is 833. The van der Waals surface area contributed by atoms with Gasteiger partial charge in [-0.3, -0.25) is 0 Å². The van der Waals surface area contributed by atoms with Gasteiger partial charge >= 0.3 is 0 Å². The van der Waals surface area contributed by atoms with Crippen LogP contribution in [0.25, 0.3) is 11.5 Å². The number of methoxy groups -OCH3 is 3. The van der Waals surface area contributed by atoms with E-state index in [1.807, 2.05) is 12.1 Å². The third-order valence-corrected chi connectivity index (χ3v) is 7.18. The van der Waals surface area contributed by atoms with Crippen molar-refractivity contribution < 1.29 is 18.6 Å². The Labute approximate surface area is 172 Å². The van der Waals surface area contributed by atoms with Crippen molar-refractivity contribution in [2.45, 2.75) is 39.7 Å². The van der Waals surface area contributed by atoms with Crippen molar-refractivity contribution in [1.82, 2.24) is 10.3 Å². The van der Waals surface area contributed by atoms with E-state index in [0.29, 0.717) is 35.1 Å². The second-order valence-electron chi connectivity index (χ2n) is 8.89. The average molecular weight is 401 g/mol. The zero-order chi connectivity index (χ0) is 20.6. The van der Waals surface area contributed by atoms with Crippen LogP contribution in [0, 0.1) is 23.2 Å². The van der Waals surface area contributed by atoms with Gasteiger partial charge in [0.05, 0.1) is 27.0 Å². The summed E-state index contributed by atoms with van der Waals surface area (Å²) in [7, 11) is 4.79. The summed E-state index contributed by atoms with van der Waals surface area (Å²) in [6, 6.07) is 3.70. The molecule has 2 aromatic rings. The number of oxazole rings is 1. The Kier molecular flexibility index (Phi) is 5.47. The highest BCUT2D eigenvalue weighted by molar-refractivity contribution is 5.65. The molecular formula is C23H32N2O4. The van der Waals surface area contributed by atoms with Crippen LogP contribution in [-0.2, 0) is 6.54 Å². The molecule has 1 aromatic heterocycles. The summed E-state index contributed by atoms with van der Waals surface area (Å²) in [5.74, 6) is 4.84. The zero-order valence-corrected chi connectivity index (χ0v) is 18.1. The molecule has 0 spiro atoms. The molecule has 3 fully saturated rings. The lowest BCUT2D eigenvalue weighted by molar-refractivity contribution is -0.103. The number of ether oxygens (including phenoxy) is 3. The highest BCUT2D eigenvalue weighted by Gasteiger charge is 2.53. The average Bonchev–Trinajstić information content (AvgIpc) is 3.21. The molecule has 0 saturated heterocycles. The Morgan fingerprint density at radius 3 is 2.41 bits per heavy atom. The summed E-state index contributed by atoms with van der Waals surface area (Å²) in [6.45, 7) is 6.65. The molecule has 3 saturated carbocycles. The van der Waals surface area contributed by atoms with Gasteiger partial charge in [-0.2, -0.15) is 0 Å². The highest BCUT2D eigenvalue weighted by Crippen LogP contribution is 2.61. The topological polar surface area (TPSA) is 65.8 Å². The van der Waals surface area contributed by atoms with Gasteiger partial charge in [-0.25, -0.2) is 4.98 Å². The third-order valence-electron chi connectivity index (χ3n) is 7.18. The van der Waals surface area contributed by atoms with Gasteiger partial charge in [0.2, 0.25) is 11.6 Å². The van der Waals surface area contributed by atoms with Gasteiger partial charge in [0, 0.05) is 12.1 Å². The van der Waals surface area contributed by atoms with Crippen molar-refractivity contribution in [3.63, 3.8) is 0 Å². The lowest BCUT2D eigenvalue weighted by Gasteiger charge is -2.60. The Morgan fingerprint density at radius 2 is 1.83 bits per heavy atom. The van der Waals surface area contributed by atoms with Gasteiger partial charge < -0.3 is 23.9 Å². The van der Waals surface area contributed by atoms with Crippen LogP contribution in [0.5, 0.6) is 17.2 Å². The summed E-state index contributed by atoms with van der Waals surface area (Å²) in [5.41, 5.74) is 2.22. The number of aromatic nitrogens is 1. The molecule has 158 valence electrons. The monoisotopic (exact) mass is 400 g/mol. The molecule has 3 aliphatic carbocycles. The minimum absolute atomic E-state index is 0.526. The maximum absolute atomic E-state index is 5.72. The first-order chi connectivity index (χ1) is 14.0. The van der Waals surface area contributed by atoms with E-state index < -0.39 is 0 Å². The highest BCUT2D eigenvalue weighted by atomic mass is 16.5. The fourth-order valence-electron chi connectivity index (χ4n) is 5.32. The second-order valence-corrected chi connectivity index (χ2v) is 8.89. The molecule has 29 heavy (non-hydrogen) atoms. The molecule has 1 heterocycles. The number of nitrogens with zero attached hydrogens (tertiary/aromatic N) is 1. The second kappa shape index (κ2) is 7.90. The van der Waals surface area contributed by atoms with Crippen LogP contribution in [0.2, 0.25) is 0 Å². The number of fused-ring (bicyclic) bond motifs is 2. The summed E-state index contributed by atoms with van der Waals surface area (Å²) >= 11 is 0. The molecule has 1 aromatic carbocycles. The first kappa shape index (κ1) is 20.1. The fraction of sp³-hybridized carbons (Fsp3) is 0.609. The standard InChI is InChI=1S/C23H32N2O4/c1-23(2)16-7-6-14(18(23)10-16)11-24-12-17-13-29-22(25-17)15-8-19(26-3)21(28-5)20(9-15)27-4/h8-9,13-14,16,18,24H,6-7,10-12H2,1-5H3/t14-,16-,18-/m0/s1. The van der Waals surface area contributed by atoms with Gasteiger partial charge in [0.1, 0.15) is 6.26 Å². The summed E-state index contributed by atoms with van der Waals surface area (Å²) < 4.78 is 22.0. The molecule has 1 N–H and O–H groups in total.